The van der Waals surface area contributed by atoms with Crippen LogP contribution in [-0.2, 0) is 6.42 Å². The van der Waals surface area contributed by atoms with Gasteiger partial charge in [0.05, 0.1) is 5.38 Å². The van der Waals surface area contributed by atoms with Crippen molar-refractivity contribution >= 4 is 11.6 Å². The van der Waals surface area contributed by atoms with Gasteiger partial charge in [0.15, 0.2) is 0 Å². The van der Waals surface area contributed by atoms with E-state index in [-0.39, 0.29) is 5.38 Å². The second kappa shape index (κ2) is 5.38. The van der Waals surface area contributed by atoms with Crippen LogP contribution >= 0.6 is 11.6 Å². The minimum absolute atomic E-state index is 0.163. The van der Waals surface area contributed by atoms with Crippen molar-refractivity contribution in [2.75, 3.05) is 0 Å². The highest BCUT2D eigenvalue weighted by molar-refractivity contribution is 6.21. The van der Waals surface area contributed by atoms with E-state index in [9.17, 15) is 0 Å². The molecule has 0 saturated carbocycles. The molecule has 0 nitrogen and oxygen atoms in total. The van der Waals surface area contributed by atoms with Crippen molar-refractivity contribution in [3.8, 4) is 11.1 Å². The van der Waals surface area contributed by atoms with Crippen LogP contribution in [0, 0.1) is 5.92 Å². The van der Waals surface area contributed by atoms with E-state index in [1.54, 1.807) is 0 Å². The van der Waals surface area contributed by atoms with Crippen LogP contribution in [0.25, 0.3) is 11.1 Å². The van der Waals surface area contributed by atoms with Crippen LogP contribution in [0.5, 0.6) is 0 Å². The van der Waals surface area contributed by atoms with Gasteiger partial charge < -0.3 is 0 Å². The molecule has 0 N–H and O–H groups in total. The molecule has 0 fully saturated rings. The van der Waals surface area contributed by atoms with Crippen LogP contribution in [-0.4, -0.2) is 0 Å². The molecular formula is C18H19Cl. The van der Waals surface area contributed by atoms with E-state index in [2.05, 4.69) is 55.5 Å². The first-order valence-electron chi connectivity index (χ1n) is 7.06. The number of rotatable bonds is 1. The quantitative estimate of drug-likeness (QED) is 0.467. The summed E-state index contributed by atoms with van der Waals surface area (Å²) in [5.41, 5.74) is 5.32. The van der Waals surface area contributed by atoms with Gasteiger partial charge in [-0.15, -0.1) is 11.6 Å². The number of aryl methyl sites for hydroxylation is 1. The maximum absolute atomic E-state index is 6.61. The molecule has 0 bridgehead atoms. The van der Waals surface area contributed by atoms with Crippen LogP contribution in [0.1, 0.15) is 36.3 Å². The highest BCUT2D eigenvalue weighted by Gasteiger charge is 2.20. The van der Waals surface area contributed by atoms with Gasteiger partial charge in [-0.2, -0.15) is 0 Å². The van der Waals surface area contributed by atoms with E-state index in [1.165, 1.54) is 28.7 Å². The van der Waals surface area contributed by atoms with Crippen molar-refractivity contribution in [1.82, 2.24) is 0 Å². The summed E-state index contributed by atoms with van der Waals surface area (Å²) in [5, 5.41) is 0.163. The maximum atomic E-state index is 6.61. The smallest absolute Gasteiger partial charge is 0.0590 e. The van der Waals surface area contributed by atoms with Crippen LogP contribution in [0.2, 0.25) is 0 Å². The molecule has 3 rings (SSSR count). The minimum Gasteiger partial charge on any atom is -0.118 e. The highest BCUT2D eigenvalue weighted by atomic mass is 35.5. The van der Waals surface area contributed by atoms with Gasteiger partial charge in [-0.1, -0.05) is 49.4 Å². The molecule has 0 heterocycles. The zero-order valence-corrected chi connectivity index (χ0v) is 12.0. The average molecular weight is 271 g/mol. The van der Waals surface area contributed by atoms with Crippen molar-refractivity contribution in [1.29, 1.82) is 0 Å². The monoisotopic (exact) mass is 270 g/mol. The Bertz CT molecular complexity index is 559. The third kappa shape index (κ3) is 2.69. The molecule has 0 amide bonds. The molecule has 2 unspecified atom stereocenters. The van der Waals surface area contributed by atoms with Crippen LogP contribution in [0.3, 0.4) is 0 Å². The Balaban J connectivity index is 2.02. The summed E-state index contributed by atoms with van der Waals surface area (Å²) in [5.74, 6) is 0.718. The molecule has 19 heavy (non-hydrogen) atoms. The first kappa shape index (κ1) is 12.7. The number of benzene rings is 2. The fraction of sp³-hybridized carbons (Fsp3) is 0.333. The molecule has 0 aliphatic heterocycles. The Hall–Kier alpha value is -1.27. The van der Waals surface area contributed by atoms with Crippen LogP contribution in [0.15, 0.2) is 48.5 Å². The molecule has 2 aromatic rings. The minimum atomic E-state index is 0.163. The molecule has 1 aliphatic rings. The van der Waals surface area contributed by atoms with E-state index >= 15 is 0 Å². The lowest BCUT2D eigenvalue weighted by atomic mass is 9.96. The SMILES string of the molecule is CC1CCc2ccc(-c3ccccc3)cc2C(Cl)C1. The number of hydrogen-bond acceptors (Lipinski definition) is 0. The molecule has 98 valence electrons. The summed E-state index contributed by atoms with van der Waals surface area (Å²) in [7, 11) is 0. The van der Waals surface area contributed by atoms with Gasteiger partial charge in [0.2, 0.25) is 0 Å². The predicted octanol–water partition coefficient (Wildman–Crippen LogP) is 5.61. The van der Waals surface area contributed by atoms with Gasteiger partial charge in [-0.3, -0.25) is 0 Å². The Morgan fingerprint density at radius 1 is 1.00 bits per heavy atom. The molecule has 2 atom stereocenters. The number of fused-ring (bicyclic) bond motifs is 1. The Labute approximate surface area is 120 Å². The summed E-state index contributed by atoms with van der Waals surface area (Å²) in [4.78, 5) is 0. The Morgan fingerprint density at radius 2 is 1.79 bits per heavy atom. The van der Waals surface area contributed by atoms with E-state index < -0.39 is 0 Å². The lowest BCUT2D eigenvalue weighted by molar-refractivity contribution is 0.503. The van der Waals surface area contributed by atoms with E-state index in [1.807, 2.05) is 0 Å². The summed E-state index contributed by atoms with van der Waals surface area (Å²) >= 11 is 6.61. The second-order valence-electron chi connectivity index (χ2n) is 5.63. The topological polar surface area (TPSA) is 0 Å². The summed E-state index contributed by atoms with van der Waals surface area (Å²) in [6, 6.07) is 17.3. The normalized spacial score (nSPS) is 22.6. The Morgan fingerprint density at radius 3 is 2.58 bits per heavy atom. The highest BCUT2D eigenvalue weighted by Crippen LogP contribution is 2.37. The lowest BCUT2D eigenvalue weighted by Gasteiger charge is -2.14. The molecular weight excluding hydrogens is 252 g/mol. The summed E-state index contributed by atoms with van der Waals surface area (Å²) < 4.78 is 0. The summed E-state index contributed by atoms with van der Waals surface area (Å²) in [6.45, 7) is 2.30. The van der Waals surface area contributed by atoms with Crippen molar-refractivity contribution in [2.45, 2.75) is 31.6 Å². The van der Waals surface area contributed by atoms with Crippen LogP contribution < -0.4 is 0 Å². The maximum Gasteiger partial charge on any atom is 0.0590 e. The zero-order chi connectivity index (χ0) is 13.2. The molecule has 0 radical (unpaired) electrons. The molecule has 1 aliphatic carbocycles. The molecule has 0 aromatic heterocycles. The number of hydrogen-bond donors (Lipinski definition) is 0. The molecule has 0 saturated heterocycles. The van der Waals surface area contributed by atoms with E-state index in [4.69, 9.17) is 11.6 Å². The lowest BCUT2D eigenvalue weighted by Crippen LogP contribution is -1.96. The largest absolute Gasteiger partial charge is 0.118 e. The first-order valence-corrected chi connectivity index (χ1v) is 7.50. The third-order valence-electron chi connectivity index (χ3n) is 4.11. The van der Waals surface area contributed by atoms with Crippen molar-refractivity contribution in [3.63, 3.8) is 0 Å². The van der Waals surface area contributed by atoms with E-state index in [0.29, 0.717) is 0 Å². The van der Waals surface area contributed by atoms with Gasteiger partial charge in [-0.25, -0.2) is 0 Å². The van der Waals surface area contributed by atoms with Gasteiger partial charge in [0, 0.05) is 0 Å². The molecule has 1 heteroatoms. The average Bonchev–Trinajstić information content (AvgIpc) is 2.59. The van der Waals surface area contributed by atoms with Gasteiger partial charge in [0.25, 0.3) is 0 Å². The van der Waals surface area contributed by atoms with Crippen molar-refractivity contribution in [2.24, 2.45) is 5.92 Å². The fourth-order valence-corrected chi connectivity index (χ4v) is 3.43. The number of alkyl halides is 1. The Kier molecular flexibility index (Phi) is 3.61. The van der Waals surface area contributed by atoms with Crippen molar-refractivity contribution in [3.05, 3.63) is 59.7 Å². The van der Waals surface area contributed by atoms with Gasteiger partial charge >= 0.3 is 0 Å². The zero-order valence-electron chi connectivity index (χ0n) is 11.3. The summed E-state index contributed by atoms with van der Waals surface area (Å²) in [6.07, 6.45) is 3.50. The van der Waals surface area contributed by atoms with Gasteiger partial charge in [-0.05, 0) is 53.5 Å². The number of halogens is 1. The van der Waals surface area contributed by atoms with E-state index in [0.717, 1.165) is 18.8 Å². The third-order valence-corrected chi connectivity index (χ3v) is 4.52. The van der Waals surface area contributed by atoms with Crippen LogP contribution in [0.4, 0.5) is 0 Å². The van der Waals surface area contributed by atoms with Gasteiger partial charge in [0.1, 0.15) is 0 Å². The molecule has 0 spiro atoms. The molecule has 2 aromatic carbocycles. The van der Waals surface area contributed by atoms with Crippen molar-refractivity contribution < 1.29 is 0 Å². The second-order valence-corrected chi connectivity index (χ2v) is 6.15. The standard InChI is InChI=1S/C18H19Cl/c1-13-7-8-15-9-10-16(12-17(15)18(19)11-13)14-5-3-2-4-6-14/h2-6,9-10,12-13,18H,7-8,11H2,1H3. The first-order chi connectivity index (χ1) is 9.24. The predicted molar refractivity (Wildman–Crippen MR) is 82.6 cm³/mol. The fourth-order valence-electron chi connectivity index (χ4n) is 2.92.